The predicted octanol–water partition coefficient (Wildman–Crippen LogP) is 4.02. The van der Waals surface area contributed by atoms with Gasteiger partial charge < -0.3 is 10.1 Å². The minimum atomic E-state index is -0.793. The number of ketones is 1. The van der Waals surface area contributed by atoms with Gasteiger partial charge >= 0.3 is 5.97 Å². The minimum absolute atomic E-state index is 0.108. The molecule has 0 atom stereocenters. The lowest BCUT2D eigenvalue weighted by atomic mass is 10.1. The third-order valence-corrected chi connectivity index (χ3v) is 3.96. The van der Waals surface area contributed by atoms with Crippen molar-refractivity contribution in [3.8, 4) is 0 Å². The van der Waals surface area contributed by atoms with Crippen molar-refractivity contribution in [1.82, 2.24) is 0 Å². The van der Waals surface area contributed by atoms with Gasteiger partial charge in [0.15, 0.2) is 12.4 Å². The van der Waals surface area contributed by atoms with Crippen LogP contribution < -0.4 is 5.32 Å². The summed E-state index contributed by atoms with van der Waals surface area (Å²) in [5.41, 5.74) is 1.01. The first-order valence-electron chi connectivity index (χ1n) is 9.27. The standard InChI is InChI=1S/C22H22N2O6/c1-15(2)13-21(26)23-18-10-7-17(8-11-18)20(25)14-30-22(27)12-9-16-5-3-4-6-19(16)24(28)29/h3-12,15H,13-14H2,1-2H3,(H,23,26)/b12-9+. The molecule has 0 spiro atoms. The van der Waals surface area contributed by atoms with E-state index in [1.807, 2.05) is 13.8 Å². The second-order valence-corrected chi connectivity index (χ2v) is 6.90. The molecular weight excluding hydrogens is 388 g/mol. The molecule has 0 saturated carbocycles. The second-order valence-electron chi connectivity index (χ2n) is 6.90. The van der Waals surface area contributed by atoms with Crippen LogP contribution in [0.25, 0.3) is 6.08 Å². The van der Waals surface area contributed by atoms with E-state index < -0.39 is 23.3 Å². The van der Waals surface area contributed by atoms with E-state index in [-0.39, 0.29) is 23.1 Å². The molecule has 0 aliphatic heterocycles. The highest BCUT2D eigenvalue weighted by atomic mass is 16.6. The van der Waals surface area contributed by atoms with Gasteiger partial charge in [0.25, 0.3) is 5.69 Å². The number of nitrogens with one attached hydrogen (secondary N) is 1. The molecule has 0 aliphatic rings. The van der Waals surface area contributed by atoms with Crippen LogP contribution in [0.15, 0.2) is 54.6 Å². The van der Waals surface area contributed by atoms with Gasteiger partial charge in [0, 0.05) is 29.8 Å². The smallest absolute Gasteiger partial charge is 0.331 e. The Labute approximate surface area is 173 Å². The number of carbonyl (C=O) groups is 3. The van der Waals surface area contributed by atoms with Crippen LogP contribution in [0.4, 0.5) is 11.4 Å². The summed E-state index contributed by atoms with van der Waals surface area (Å²) in [6, 6.07) is 12.2. The summed E-state index contributed by atoms with van der Waals surface area (Å²) in [4.78, 5) is 46.2. The molecule has 0 saturated heterocycles. The van der Waals surface area contributed by atoms with Crippen molar-refractivity contribution >= 4 is 35.1 Å². The SMILES string of the molecule is CC(C)CC(=O)Nc1ccc(C(=O)COC(=O)/C=C/c2ccccc2[N+](=O)[O-])cc1. The quantitative estimate of drug-likeness (QED) is 0.219. The van der Waals surface area contributed by atoms with E-state index in [4.69, 9.17) is 4.74 Å². The molecular formula is C22H22N2O6. The van der Waals surface area contributed by atoms with Crippen LogP contribution in [0.2, 0.25) is 0 Å². The Kier molecular flexibility index (Phi) is 7.99. The van der Waals surface area contributed by atoms with Crippen molar-refractivity contribution < 1.29 is 24.0 Å². The van der Waals surface area contributed by atoms with E-state index in [2.05, 4.69) is 5.32 Å². The van der Waals surface area contributed by atoms with E-state index in [0.29, 0.717) is 17.7 Å². The van der Waals surface area contributed by atoms with Crippen molar-refractivity contribution in [3.05, 3.63) is 75.8 Å². The van der Waals surface area contributed by atoms with E-state index in [9.17, 15) is 24.5 Å². The Hall–Kier alpha value is -3.81. The number of nitrogens with zero attached hydrogens (tertiary/aromatic N) is 1. The number of para-hydroxylation sites is 1. The highest BCUT2D eigenvalue weighted by Crippen LogP contribution is 2.19. The molecule has 156 valence electrons. The van der Waals surface area contributed by atoms with Gasteiger partial charge in [-0.25, -0.2) is 4.79 Å². The first kappa shape index (κ1) is 22.5. The molecule has 8 heteroatoms. The summed E-state index contributed by atoms with van der Waals surface area (Å²) in [5.74, 6) is -1.08. The third kappa shape index (κ3) is 6.97. The first-order valence-corrected chi connectivity index (χ1v) is 9.27. The van der Waals surface area contributed by atoms with Gasteiger partial charge in [-0.15, -0.1) is 0 Å². The molecule has 1 amide bonds. The Morgan fingerprint density at radius 1 is 1.10 bits per heavy atom. The number of nitro benzene ring substituents is 1. The zero-order valence-electron chi connectivity index (χ0n) is 16.7. The van der Waals surface area contributed by atoms with E-state index >= 15 is 0 Å². The van der Waals surface area contributed by atoms with Crippen LogP contribution in [-0.2, 0) is 14.3 Å². The maximum absolute atomic E-state index is 12.2. The van der Waals surface area contributed by atoms with Gasteiger partial charge in [0.05, 0.1) is 10.5 Å². The fourth-order valence-corrected chi connectivity index (χ4v) is 2.54. The van der Waals surface area contributed by atoms with Crippen molar-refractivity contribution in [1.29, 1.82) is 0 Å². The van der Waals surface area contributed by atoms with Crippen LogP contribution in [0.1, 0.15) is 36.2 Å². The van der Waals surface area contributed by atoms with E-state index in [1.54, 1.807) is 18.2 Å². The number of hydrogen-bond donors (Lipinski definition) is 1. The van der Waals surface area contributed by atoms with Crippen molar-refractivity contribution in [2.45, 2.75) is 20.3 Å². The molecule has 2 rings (SSSR count). The van der Waals surface area contributed by atoms with Crippen molar-refractivity contribution in [2.24, 2.45) is 5.92 Å². The summed E-state index contributed by atoms with van der Waals surface area (Å²) in [7, 11) is 0. The highest BCUT2D eigenvalue weighted by Gasteiger charge is 2.12. The number of ether oxygens (including phenoxy) is 1. The number of Topliss-reactive ketones (excluding diaryl/α,β-unsaturated/α-hetero) is 1. The largest absolute Gasteiger partial charge is 0.454 e. The number of nitro groups is 1. The number of amides is 1. The summed E-state index contributed by atoms with van der Waals surface area (Å²) in [6.45, 7) is 3.41. The first-order chi connectivity index (χ1) is 14.3. The second kappa shape index (κ2) is 10.7. The van der Waals surface area contributed by atoms with Crippen LogP contribution in [0.5, 0.6) is 0 Å². The zero-order chi connectivity index (χ0) is 22.1. The van der Waals surface area contributed by atoms with Gasteiger partial charge in [-0.2, -0.15) is 0 Å². The number of esters is 1. The van der Waals surface area contributed by atoms with Gasteiger partial charge in [-0.3, -0.25) is 19.7 Å². The van der Waals surface area contributed by atoms with Crippen molar-refractivity contribution in [2.75, 3.05) is 11.9 Å². The lowest BCUT2D eigenvalue weighted by molar-refractivity contribution is -0.385. The van der Waals surface area contributed by atoms with Gasteiger partial charge in [0.2, 0.25) is 5.91 Å². The number of carbonyl (C=O) groups excluding carboxylic acids is 3. The Morgan fingerprint density at radius 2 is 1.77 bits per heavy atom. The Bertz CT molecular complexity index is 964. The molecule has 0 radical (unpaired) electrons. The topological polar surface area (TPSA) is 116 Å². The third-order valence-electron chi connectivity index (χ3n) is 3.96. The predicted molar refractivity (Wildman–Crippen MR) is 112 cm³/mol. The monoisotopic (exact) mass is 410 g/mol. The molecule has 0 aromatic heterocycles. The summed E-state index contributed by atoms with van der Waals surface area (Å²) < 4.78 is 4.90. The van der Waals surface area contributed by atoms with Gasteiger partial charge in [-0.1, -0.05) is 26.0 Å². The maximum atomic E-state index is 12.2. The zero-order valence-corrected chi connectivity index (χ0v) is 16.7. The molecule has 2 aromatic rings. The number of anilines is 1. The lowest BCUT2D eigenvalue weighted by Gasteiger charge is -2.08. The van der Waals surface area contributed by atoms with Gasteiger partial charge in [0.1, 0.15) is 0 Å². The van der Waals surface area contributed by atoms with Crippen LogP contribution in [-0.4, -0.2) is 29.2 Å². The minimum Gasteiger partial charge on any atom is -0.454 e. The highest BCUT2D eigenvalue weighted by molar-refractivity contribution is 5.99. The Morgan fingerprint density at radius 3 is 2.40 bits per heavy atom. The molecule has 2 aromatic carbocycles. The number of hydrogen-bond acceptors (Lipinski definition) is 6. The van der Waals surface area contributed by atoms with Crippen LogP contribution in [0, 0.1) is 16.0 Å². The molecule has 0 bridgehead atoms. The van der Waals surface area contributed by atoms with Gasteiger partial charge in [-0.05, 0) is 42.3 Å². The van der Waals surface area contributed by atoms with E-state index in [1.165, 1.54) is 36.4 Å². The Balaban J connectivity index is 1.89. The van der Waals surface area contributed by atoms with E-state index in [0.717, 1.165) is 6.08 Å². The summed E-state index contributed by atoms with van der Waals surface area (Å²) in [5, 5.41) is 13.7. The lowest BCUT2D eigenvalue weighted by Crippen LogP contribution is -2.14. The average Bonchev–Trinajstić information content (AvgIpc) is 2.70. The fourth-order valence-electron chi connectivity index (χ4n) is 2.54. The molecule has 30 heavy (non-hydrogen) atoms. The molecule has 0 unspecified atom stereocenters. The normalized spacial score (nSPS) is 10.8. The molecule has 8 nitrogen and oxygen atoms in total. The number of rotatable bonds is 9. The molecule has 1 N–H and O–H groups in total. The average molecular weight is 410 g/mol. The number of benzene rings is 2. The van der Waals surface area contributed by atoms with Crippen LogP contribution >= 0.6 is 0 Å². The summed E-state index contributed by atoms with van der Waals surface area (Å²) >= 11 is 0. The van der Waals surface area contributed by atoms with Crippen LogP contribution in [0.3, 0.4) is 0 Å². The summed E-state index contributed by atoms with van der Waals surface area (Å²) in [6.07, 6.45) is 2.69. The maximum Gasteiger partial charge on any atom is 0.331 e. The molecule has 0 heterocycles. The van der Waals surface area contributed by atoms with Crippen molar-refractivity contribution in [3.63, 3.8) is 0 Å². The fraction of sp³-hybridized carbons (Fsp3) is 0.227. The molecule has 0 aliphatic carbocycles. The molecule has 0 fully saturated rings.